The van der Waals surface area contributed by atoms with Gasteiger partial charge in [-0.15, -0.1) is 0 Å². The van der Waals surface area contributed by atoms with Gasteiger partial charge in [0.1, 0.15) is 24.7 Å². The van der Waals surface area contributed by atoms with Crippen molar-refractivity contribution in [3.05, 3.63) is 80.9 Å². The van der Waals surface area contributed by atoms with Gasteiger partial charge < -0.3 is 30.9 Å². The Morgan fingerprint density at radius 2 is 1.34 bits per heavy atom. The van der Waals surface area contributed by atoms with Crippen LogP contribution in [0.15, 0.2) is 64.2 Å². The third kappa shape index (κ3) is 13.0. The molecule has 2 aromatic carbocycles. The van der Waals surface area contributed by atoms with Gasteiger partial charge in [-0.1, -0.05) is 70.2 Å². The van der Waals surface area contributed by atoms with Crippen LogP contribution in [0.2, 0.25) is 0 Å². The van der Waals surface area contributed by atoms with Crippen LogP contribution in [-0.4, -0.2) is 94.4 Å². The predicted octanol–water partition coefficient (Wildman–Crippen LogP) is 1.39. The fourth-order valence-corrected chi connectivity index (χ4v) is 5.96. The van der Waals surface area contributed by atoms with Crippen LogP contribution in [0.3, 0.4) is 0 Å². The number of aromatic nitrogens is 2. The van der Waals surface area contributed by atoms with Crippen molar-refractivity contribution in [1.29, 1.82) is 0 Å². The van der Waals surface area contributed by atoms with E-state index in [1.165, 1.54) is 24.0 Å². The summed E-state index contributed by atoms with van der Waals surface area (Å²) in [6, 6.07) is 10.5. The smallest absolute Gasteiger partial charge is 0.273 e. The van der Waals surface area contributed by atoms with E-state index in [0.29, 0.717) is 0 Å². The van der Waals surface area contributed by atoms with Crippen molar-refractivity contribution >= 4 is 46.1 Å². The predicted molar refractivity (Wildman–Crippen MR) is 210 cm³/mol. The molecule has 0 aliphatic heterocycles. The monoisotopic (exact) mass is 777 g/mol. The highest BCUT2D eigenvalue weighted by molar-refractivity contribution is 5.96. The van der Waals surface area contributed by atoms with Crippen molar-refractivity contribution in [2.45, 2.75) is 104 Å². The Labute approximate surface area is 326 Å². The average Bonchev–Trinajstić information content (AvgIpc) is 3.14. The summed E-state index contributed by atoms with van der Waals surface area (Å²) in [5, 5.41) is 13.4. The van der Waals surface area contributed by atoms with Gasteiger partial charge in [0, 0.05) is 27.4 Å². The van der Waals surface area contributed by atoms with Crippen molar-refractivity contribution in [3.63, 3.8) is 0 Å². The van der Waals surface area contributed by atoms with E-state index in [4.69, 9.17) is 4.74 Å². The van der Waals surface area contributed by atoms with Crippen molar-refractivity contribution in [3.8, 4) is 0 Å². The lowest BCUT2D eigenvalue weighted by atomic mass is 9.99. The number of ketones is 1. The first-order valence-electron chi connectivity index (χ1n) is 18.7. The van der Waals surface area contributed by atoms with Gasteiger partial charge >= 0.3 is 0 Å². The number of fused-ring (bicyclic) bond motifs is 1. The summed E-state index contributed by atoms with van der Waals surface area (Å²) in [5.74, 6) is -4.02. The molecule has 1 aromatic heterocycles. The molecular formula is C40H55N7O9. The Hall–Kier alpha value is -5.64. The number of H-pyrrole nitrogens is 1. The van der Waals surface area contributed by atoms with Crippen molar-refractivity contribution < 1.29 is 33.5 Å². The topological polar surface area (TPSA) is 218 Å². The number of amides is 5. The summed E-state index contributed by atoms with van der Waals surface area (Å²) in [6.07, 6.45) is -1.07. The van der Waals surface area contributed by atoms with E-state index in [-0.39, 0.29) is 54.4 Å². The molecule has 3 aromatic rings. The molecule has 0 aliphatic rings. The first-order valence-corrected chi connectivity index (χ1v) is 18.7. The summed E-state index contributed by atoms with van der Waals surface area (Å²) in [6.45, 7) is 9.52. The lowest BCUT2D eigenvalue weighted by molar-refractivity contribution is -0.138. The van der Waals surface area contributed by atoms with Crippen LogP contribution in [0.5, 0.6) is 0 Å². The molecule has 0 bridgehead atoms. The Morgan fingerprint density at radius 3 is 1.93 bits per heavy atom. The summed E-state index contributed by atoms with van der Waals surface area (Å²) in [4.78, 5) is 107. The third-order valence-corrected chi connectivity index (χ3v) is 9.10. The maximum absolute atomic E-state index is 14.1. The van der Waals surface area contributed by atoms with Crippen LogP contribution in [-0.2, 0) is 46.7 Å². The highest BCUT2D eigenvalue weighted by Crippen LogP contribution is 2.13. The van der Waals surface area contributed by atoms with Crippen molar-refractivity contribution in [2.75, 3.05) is 14.1 Å². The first-order chi connectivity index (χ1) is 26.4. The van der Waals surface area contributed by atoms with E-state index < -0.39 is 77.3 Å². The van der Waals surface area contributed by atoms with Crippen LogP contribution >= 0.6 is 0 Å². The van der Waals surface area contributed by atoms with Crippen LogP contribution in [0.4, 0.5) is 0 Å². The van der Waals surface area contributed by atoms with E-state index in [2.05, 4.69) is 26.4 Å². The molecule has 0 fully saturated rings. The molecule has 1 heterocycles. The second-order valence-corrected chi connectivity index (χ2v) is 14.8. The Kier molecular flexibility index (Phi) is 16.7. The number of aromatic amines is 1. The number of hydrogen-bond acceptors (Lipinski definition) is 9. The number of Topliss-reactive ketones (excluding diaryl/α,β-unsaturated/α-hetero) is 1. The molecule has 304 valence electrons. The van der Waals surface area contributed by atoms with E-state index >= 15 is 0 Å². The number of rotatable bonds is 20. The van der Waals surface area contributed by atoms with E-state index in [0.717, 1.165) is 10.2 Å². The van der Waals surface area contributed by atoms with E-state index in [1.54, 1.807) is 47.0 Å². The van der Waals surface area contributed by atoms with Crippen molar-refractivity contribution in [2.24, 2.45) is 11.8 Å². The van der Waals surface area contributed by atoms with Crippen LogP contribution in [0.25, 0.3) is 10.8 Å². The Morgan fingerprint density at radius 1 is 0.750 bits per heavy atom. The zero-order valence-electron chi connectivity index (χ0n) is 33.3. The summed E-state index contributed by atoms with van der Waals surface area (Å²) >= 11 is 0. The minimum atomic E-state index is -1.32. The molecule has 1 unspecified atom stereocenters. The van der Waals surface area contributed by atoms with Gasteiger partial charge in [-0.2, -0.15) is 0 Å². The standard InChI is InChI=1S/C40H55N7O9/c1-23(2)20-31(43-39(54)35(25(5)56-22-27-14-10-9-11-15-27)44-38(53)34(24(3)4)41-26(6)48)37(52)42-30(18-19-33(50)46(7)8)32(49)21-47-40(55)29-17-13-12-16-28(29)36(51)45-47/h9-17,23-25,30-31,34-35H,18-22H2,1-8H3,(H,41,48)(H,42,52)(H,43,54)(H,44,53)(H,45,51)/t25?,30-,31-,34-,35-/m0/s1. The minimum absolute atomic E-state index is 0.104. The molecular weight excluding hydrogens is 722 g/mol. The number of nitrogens with zero attached hydrogens (tertiary/aromatic N) is 2. The number of nitrogens with one attached hydrogen (secondary N) is 5. The lowest BCUT2D eigenvalue weighted by Crippen LogP contribution is -2.61. The van der Waals surface area contributed by atoms with Gasteiger partial charge in [-0.25, -0.2) is 4.68 Å². The van der Waals surface area contributed by atoms with Gasteiger partial charge in [-0.05, 0) is 49.3 Å². The Bertz CT molecular complexity index is 1970. The molecule has 3 rings (SSSR count). The fourth-order valence-electron chi connectivity index (χ4n) is 5.96. The van der Waals surface area contributed by atoms with Gasteiger partial charge in [0.15, 0.2) is 5.78 Å². The summed E-state index contributed by atoms with van der Waals surface area (Å²) in [7, 11) is 3.09. The largest absolute Gasteiger partial charge is 0.371 e. The zero-order valence-corrected chi connectivity index (χ0v) is 33.3. The first kappa shape index (κ1) is 44.8. The molecule has 5 N–H and O–H groups in total. The molecule has 0 saturated carbocycles. The Balaban J connectivity index is 1.92. The third-order valence-electron chi connectivity index (χ3n) is 9.10. The molecule has 16 heteroatoms. The van der Waals surface area contributed by atoms with Crippen LogP contribution < -0.4 is 32.4 Å². The maximum atomic E-state index is 14.1. The van der Waals surface area contributed by atoms with Crippen LogP contribution in [0.1, 0.15) is 66.4 Å². The highest BCUT2D eigenvalue weighted by atomic mass is 16.5. The molecule has 0 saturated heterocycles. The minimum Gasteiger partial charge on any atom is -0.371 e. The maximum Gasteiger partial charge on any atom is 0.273 e. The van der Waals surface area contributed by atoms with Gasteiger partial charge in [0.2, 0.25) is 29.5 Å². The number of carbonyl (C=O) groups excluding carboxylic acids is 6. The fraction of sp³-hybridized carbons (Fsp3) is 0.500. The average molecular weight is 778 g/mol. The summed E-state index contributed by atoms with van der Waals surface area (Å²) < 4.78 is 6.89. The number of ether oxygens (including phenoxy) is 1. The number of benzene rings is 2. The molecule has 0 radical (unpaired) electrons. The molecule has 5 atom stereocenters. The summed E-state index contributed by atoms with van der Waals surface area (Å²) in [5.41, 5.74) is -0.391. The molecule has 0 spiro atoms. The van der Waals surface area contributed by atoms with E-state index in [9.17, 15) is 38.4 Å². The SMILES string of the molecule is CC(=O)N[C@H](C(=O)N[C@H](C(=O)N[C@@H](CC(C)C)C(=O)N[C@@H](CCC(=O)N(C)C)C(=O)Cn1[nH]c(=O)c2ccccc2c1=O)C(C)OCc1ccccc1)C(C)C. The normalized spacial score (nSPS) is 14.0. The second kappa shape index (κ2) is 20.9. The lowest BCUT2D eigenvalue weighted by Gasteiger charge is -2.30. The van der Waals surface area contributed by atoms with Gasteiger partial charge in [-0.3, -0.25) is 43.5 Å². The van der Waals surface area contributed by atoms with E-state index in [1.807, 2.05) is 44.2 Å². The zero-order chi connectivity index (χ0) is 41.7. The van der Waals surface area contributed by atoms with Gasteiger partial charge in [0.25, 0.3) is 11.1 Å². The highest BCUT2D eigenvalue weighted by Gasteiger charge is 2.35. The van der Waals surface area contributed by atoms with Crippen molar-refractivity contribution in [1.82, 2.24) is 35.9 Å². The molecule has 16 nitrogen and oxygen atoms in total. The number of carbonyl (C=O) groups is 6. The van der Waals surface area contributed by atoms with Crippen LogP contribution in [0, 0.1) is 11.8 Å². The van der Waals surface area contributed by atoms with Gasteiger partial charge in [0.05, 0.1) is 29.5 Å². The molecule has 56 heavy (non-hydrogen) atoms. The molecule has 0 aliphatic carbocycles. The quantitative estimate of drug-likeness (QED) is 0.112. The molecule has 5 amide bonds. The number of hydrogen-bond donors (Lipinski definition) is 5. The second-order valence-electron chi connectivity index (χ2n) is 14.8.